The lowest BCUT2D eigenvalue weighted by atomic mass is 9.94. The quantitative estimate of drug-likeness (QED) is 0.302. The number of non-ortho nitro benzene ring substituents is 1. The van der Waals surface area contributed by atoms with Crippen molar-refractivity contribution in [3.05, 3.63) is 68.5 Å². The first kappa shape index (κ1) is 17.5. The Hall–Kier alpha value is -3.88. The molecule has 9 nitrogen and oxygen atoms in total. The standard InChI is InChI=1S/C19H15N5O4/c1-10-15(11(2)22(3)21-10)9-20-23-18(25)13-6-4-5-12-16(24(27)28)8-7-14(17(12)13)19(23)26/h4-9H,1-3H3/b20-9-. The molecule has 0 unspecified atom stereocenters. The molecule has 0 spiro atoms. The van der Waals surface area contributed by atoms with Crippen molar-refractivity contribution in [3.63, 3.8) is 0 Å². The van der Waals surface area contributed by atoms with Gasteiger partial charge in [-0.3, -0.25) is 24.4 Å². The number of aryl methyl sites for hydroxylation is 2. The van der Waals surface area contributed by atoms with E-state index < -0.39 is 16.7 Å². The van der Waals surface area contributed by atoms with Crippen LogP contribution in [0.3, 0.4) is 0 Å². The lowest BCUT2D eigenvalue weighted by Gasteiger charge is -2.22. The van der Waals surface area contributed by atoms with Crippen LogP contribution >= 0.6 is 0 Å². The van der Waals surface area contributed by atoms with E-state index in [9.17, 15) is 19.7 Å². The molecule has 0 saturated heterocycles. The normalized spacial score (nSPS) is 13.8. The molecule has 1 aliphatic rings. The monoisotopic (exact) mass is 377 g/mol. The van der Waals surface area contributed by atoms with Crippen LogP contribution in [0.1, 0.15) is 37.7 Å². The van der Waals surface area contributed by atoms with Gasteiger partial charge < -0.3 is 0 Å². The molecule has 0 saturated carbocycles. The van der Waals surface area contributed by atoms with Crippen LogP contribution in [0.15, 0.2) is 35.4 Å². The van der Waals surface area contributed by atoms with Gasteiger partial charge in [-0.1, -0.05) is 6.07 Å². The molecule has 0 atom stereocenters. The maximum atomic E-state index is 12.9. The SMILES string of the molecule is Cc1nn(C)c(C)c1/C=N\N1C(=O)c2cccc3c([N+](=O)[O-])ccc(c23)C1=O. The van der Waals surface area contributed by atoms with Gasteiger partial charge in [0.15, 0.2) is 0 Å². The van der Waals surface area contributed by atoms with Crippen molar-refractivity contribution in [2.75, 3.05) is 0 Å². The van der Waals surface area contributed by atoms with E-state index in [4.69, 9.17) is 0 Å². The predicted octanol–water partition coefficient (Wildman–Crippen LogP) is 2.73. The van der Waals surface area contributed by atoms with Crippen molar-refractivity contribution in [3.8, 4) is 0 Å². The van der Waals surface area contributed by atoms with Gasteiger partial charge in [0, 0.05) is 29.8 Å². The summed E-state index contributed by atoms with van der Waals surface area (Å²) in [5.74, 6) is -1.25. The van der Waals surface area contributed by atoms with E-state index in [1.807, 2.05) is 13.8 Å². The second-order valence-electron chi connectivity index (χ2n) is 6.49. The summed E-state index contributed by atoms with van der Waals surface area (Å²) in [6.07, 6.45) is 1.43. The highest BCUT2D eigenvalue weighted by Crippen LogP contribution is 2.35. The molecular weight excluding hydrogens is 362 g/mol. The Morgan fingerprint density at radius 2 is 1.79 bits per heavy atom. The van der Waals surface area contributed by atoms with Crippen molar-refractivity contribution in [1.82, 2.24) is 14.8 Å². The molecule has 9 heteroatoms. The smallest absolute Gasteiger partial charge is 0.272 e. The number of hydrogen-bond acceptors (Lipinski definition) is 6. The summed E-state index contributed by atoms with van der Waals surface area (Å²) in [7, 11) is 1.79. The van der Waals surface area contributed by atoms with E-state index >= 15 is 0 Å². The van der Waals surface area contributed by atoms with Gasteiger partial charge in [0.1, 0.15) is 0 Å². The number of nitro groups is 1. The summed E-state index contributed by atoms with van der Waals surface area (Å²) in [4.78, 5) is 36.5. The molecule has 1 aromatic heterocycles. The van der Waals surface area contributed by atoms with Gasteiger partial charge in [-0.25, -0.2) is 0 Å². The van der Waals surface area contributed by atoms with Gasteiger partial charge in [0.05, 0.1) is 33.3 Å². The number of amides is 2. The van der Waals surface area contributed by atoms with Crippen molar-refractivity contribution < 1.29 is 14.5 Å². The number of hydrogen-bond donors (Lipinski definition) is 0. The average Bonchev–Trinajstić information content (AvgIpc) is 2.91. The first-order valence-electron chi connectivity index (χ1n) is 8.44. The molecule has 140 valence electrons. The Balaban J connectivity index is 1.85. The number of rotatable bonds is 3. The zero-order chi connectivity index (χ0) is 20.2. The summed E-state index contributed by atoms with van der Waals surface area (Å²) < 4.78 is 1.69. The molecule has 2 aromatic carbocycles. The van der Waals surface area contributed by atoms with E-state index in [0.717, 1.165) is 22.0 Å². The fraction of sp³-hybridized carbons (Fsp3) is 0.158. The van der Waals surface area contributed by atoms with Crippen LogP contribution in [0.5, 0.6) is 0 Å². The number of carbonyl (C=O) groups is 2. The van der Waals surface area contributed by atoms with Crippen LogP contribution in [-0.4, -0.2) is 37.7 Å². The third-order valence-corrected chi connectivity index (χ3v) is 4.93. The summed E-state index contributed by atoms with van der Waals surface area (Å²) in [5.41, 5.74) is 2.53. The molecule has 0 bridgehead atoms. The first-order valence-corrected chi connectivity index (χ1v) is 8.44. The third-order valence-electron chi connectivity index (χ3n) is 4.93. The van der Waals surface area contributed by atoms with Crippen LogP contribution in [0.2, 0.25) is 0 Å². The Kier molecular flexibility index (Phi) is 3.81. The van der Waals surface area contributed by atoms with Crippen molar-refractivity contribution >= 4 is 34.5 Å². The minimum absolute atomic E-state index is 0.153. The topological polar surface area (TPSA) is 111 Å². The predicted molar refractivity (Wildman–Crippen MR) is 101 cm³/mol. The number of hydrazone groups is 1. The second-order valence-corrected chi connectivity index (χ2v) is 6.49. The summed E-state index contributed by atoms with van der Waals surface area (Å²) in [6.45, 7) is 3.67. The molecule has 0 N–H and O–H groups in total. The number of imide groups is 1. The summed E-state index contributed by atoms with van der Waals surface area (Å²) in [6, 6.07) is 7.25. The Morgan fingerprint density at radius 1 is 1.11 bits per heavy atom. The van der Waals surface area contributed by atoms with E-state index in [1.165, 1.54) is 30.5 Å². The summed E-state index contributed by atoms with van der Waals surface area (Å²) in [5, 5.41) is 21.0. The van der Waals surface area contributed by atoms with Gasteiger partial charge in [0.25, 0.3) is 17.5 Å². The molecular formula is C19H15N5O4. The largest absolute Gasteiger partial charge is 0.282 e. The van der Waals surface area contributed by atoms with Crippen LogP contribution in [0, 0.1) is 24.0 Å². The molecule has 0 radical (unpaired) electrons. The van der Waals surface area contributed by atoms with E-state index in [2.05, 4.69) is 10.2 Å². The molecule has 4 rings (SSSR count). The molecule has 2 heterocycles. The minimum Gasteiger partial charge on any atom is -0.272 e. The van der Waals surface area contributed by atoms with E-state index in [0.29, 0.717) is 0 Å². The van der Waals surface area contributed by atoms with Gasteiger partial charge in [-0.05, 0) is 32.0 Å². The maximum Gasteiger partial charge on any atom is 0.282 e. The second kappa shape index (κ2) is 6.08. The van der Waals surface area contributed by atoms with Gasteiger partial charge in [0.2, 0.25) is 0 Å². The van der Waals surface area contributed by atoms with Crippen molar-refractivity contribution in [2.24, 2.45) is 12.1 Å². The zero-order valence-electron chi connectivity index (χ0n) is 15.3. The van der Waals surface area contributed by atoms with E-state index in [-0.39, 0.29) is 27.6 Å². The maximum absolute atomic E-state index is 12.9. The highest BCUT2D eigenvalue weighted by molar-refractivity contribution is 6.26. The number of nitrogens with zero attached hydrogens (tertiary/aromatic N) is 5. The fourth-order valence-electron chi connectivity index (χ4n) is 3.42. The lowest BCUT2D eigenvalue weighted by Crippen LogP contribution is -2.36. The highest BCUT2D eigenvalue weighted by Gasteiger charge is 2.34. The number of carbonyl (C=O) groups excluding carboxylic acids is 2. The van der Waals surface area contributed by atoms with Crippen LogP contribution in [0.4, 0.5) is 5.69 Å². The minimum atomic E-state index is -0.626. The van der Waals surface area contributed by atoms with E-state index in [1.54, 1.807) is 17.8 Å². The molecule has 28 heavy (non-hydrogen) atoms. The van der Waals surface area contributed by atoms with Crippen LogP contribution < -0.4 is 0 Å². The summed E-state index contributed by atoms with van der Waals surface area (Å²) >= 11 is 0. The van der Waals surface area contributed by atoms with Crippen LogP contribution in [-0.2, 0) is 7.05 Å². The highest BCUT2D eigenvalue weighted by atomic mass is 16.6. The molecule has 3 aromatic rings. The molecule has 0 aliphatic carbocycles. The molecule has 1 aliphatic heterocycles. The average molecular weight is 377 g/mol. The Bertz CT molecular complexity index is 1200. The van der Waals surface area contributed by atoms with Crippen LogP contribution in [0.25, 0.3) is 10.8 Å². The van der Waals surface area contributed by atoms with Crippen molar-refractivity contribution in [1.29, 1.82) is 0 Å². The fourth-order valence-corrected chi connectivity index (χ4v) is 3.42. The molecule has 0 fully saturated rings. The third kappa shape index (κ3) is 2.40. The molecule has 2 amide bonds. The van der Waals surface area contributed by atoms with Gasteiger partial charge in [-0.15, -0.1) is 0 Å². The zero-order valence-corrected chi connectivity index (χ0v) is 15.3. The number of benzene rings is 2. The first-order chi connectivity index (χ1) is 13.3. The van der Waals surface area contributed by atoms with Gasteiger partial charge >= 0.3 is 0 Å². The van der Waals surface area contributed by atoms with Gasteiger partial charge in [-0.2, -0.15) is 15.2 Å². The number of aromatic nitrogens is 2. The Morgan fingerprint density at radius 3 is 2.39 bits per heavy atom. The number of nitro benzene ring substituents is 1. The Labute approximate surface area is 159 Å². The lowest BCUT2D eigenvalue weighted by molar-refractivity contribution is -0.383. The van der Waals surface area contributed by atoms with Crippen molar-refractivity contribution in [2.45, 2.75) is 13.8 Å².